The largest absolute Gasteiger partial charge is 0.497 e. The number of ether oxygens (including phenoxy) is 2. The van der Waals surface area contributed by atoms with Crippen molar-refractivity contribution in [2.24, 2.45) is 0 Å². The molecule has 1 unspecified atom stereocenters. The molecule has 3 aromatic rings. The number of thioether (sulfide) groups is 1. The highest BCUT2D eigenvalue weighted by Crippen LogP contribution is 2.50. The van der Waals surface area contributed by atoms with Crippen LogP contribution in [0.15, 0.2) is 42.5 Å². The first-order valence-corrected chi connectivity index (χ1v) is 14.2. The van der Waals surface area contributed by atoms with E-state index in [0.29, 0.717) is 23.9 Å². The number of hydrogen-bond donors (Lipinski definition) is 1. The van der Waals surface area contributed by atoms with Gasteiger partial charge in [0.1, 0.15) is 23.9 Å². The van der Waals surface area contributed by atoms with Crippen molar-refractivity contribution < 1.29 is 19.1 Å². The number of carbonyl (C=O) groups excluding carboxylic acids is 2. The third kappa shape index (κ3) is 5.93. The quantitative estimate of drug-likeness (QED) is 0.416. The Kier molecular flexibility index (Phi) is 8.59. The van der Waals surface area contributed by atoms with Gasteiger partial charge in [-0.25, -0.2) is 4.68 Å². The standard InChI is InChI=1S/C30H38N4O4S/c1-8-15-31-24(35)17-33-25(36)18-39-27(22-16-21(37-6)13-14-23(22)38-7)26-28(30(3,4)5)32-34(29(26)33)20-11-9-19(2)10-12-20/h9-14,16,27H,8,15,17-18H2,1-7H3,(H,31,35). The van der Waals surface area contributed by atoms with Gasteiger partial charge in [0.05, 0.1) is 36.6 Å². The maximum absolute atomic E-state index is 13.8. The highest BCUT2D eigenvalue weighted by molar-refractivity contribution is 8.00. The Morgan fingerprint density at radius 1 is 1.13 bits per heavy atom. The normalized spacial score (nSPS) is 15.5. The zero-order chi connectivity index (χ0) is 28.3. The predicted octanol–water partition coefficient (Wildman–Crippen LogP) is 5.19. The Morgan fingerprint density at radius 2 is 1.85 bits per heavy atom. The van der Waals surface area contributed by atoms with Crippen LogP contribution in [0, 0.1) is 6.92 Å². The molecule has 0 saturated carbocycles. The van der Waals surface area contributed by atoms with E-state index in [9.17, 15) is 9.59 Å². The van der Waals surface area contributed by atoms with Crippen molar-refractivity contribution in [1.29, 1.82) is 0 Å². The number of nitrogens with zero attached hydrogens (tertiary/aromatic N) is 3. The van der Waals surface area contributed by atoms with Gasteiger partial charge in [-0.05, 0) is 43.7 Å². The van der Waals surface area contributed by atoms with E-state index in [-0.39, 0.29) is 34.8 Å². The number of aromatic nitrogens is 2. The van der Waals surface area contributed by atoms with Crippen LogP contribution in [0.1, 0.15) is 61.7 Å². The molecule has 0 bridgehead atoms. The van der Waals surface area contributed by atoms with Crippen LogP contribution >= 0.6 is 11.8 Å². The number of carbonyl (C=O) groups is 2. The van der Waals surface area contributed by atoms with Crippen LogP contribution < -0.4 is 19.7 Å². The summed E-state index contributed by atoms with van der Waals surface area (Å²) in [6.45, 7) is 10.8. The number of rotatable bonds is 8. The minimum absolute atomic E-state index is 0.0878. The minimum Gasteiger partial charge on any atom is -0.497 e. The summed E-state index contributed by atoms with van der Waals surface area (Å²) in [5.41, 5.74) is 4.23. The second-order valence-electron chi connectivity index (χ2n) is 10.7. The molecular formula is C30H38N4O4S. The molecule has 0 fully saturated rings. The van der Waals surface area contributed by atoms with Crippen molar-refractivity contribution in [3.05, 3.63) is 64.8 Å². The fraction of sp³-hybridized carbons (Fsp3) is 0.433. The van der Waals surface area contributed by atoms with Crippen LogP contribution in [-0.2, 0) is 15.0 Å². The lowest BCUT2D eigenvalue weighted by atomic mass is 9.87. The summed E-state index contributed by atoms with van der Waals surface area (Å²) in [6.07, 6.45) is 0.813. The molecule has 1 atom stereocenters. The van der Waals surface area contributed by atoms with Crippen LogP contribution in [0.4, 0.5) is 5.82 Å². The molecule has 1 N–H and O–H groups in total. The molecule has 2 heterocycles. The number of amides is 2. The zero-order valence-electron chi connectivity index (χ0n) is 23.8. The third-order valence-corrected chi connectivity index (χ3v) is 7.91. The Labute approximate surface area is 235 Å². The molecule has 8 nitrogen and oxygen atoms in total. The molecule has 1 aliphatic rings. The fourth-order valence-electron chi connectivity index (χ4n) is 4.69. The van der Waals surface area contributed by atoms with Gasteiger partial charge in [-0.15, -0.1) is 11.8 Å². The maximum atomic E-state index is 13.8. The number of hydrogen-bond acceptors (Lipinski definition) is 6. The molecule has 0 radical (unpaired) electrons. The topological polar surface area (TPSA) is 85.7 Å². The van der Waals surface area contributed by atoms with E-state index in [1.807, 2.05) is 61.0 Å². The van der Waals surface area contributed by atoms with Crippen LogP contribution in [0.25, 0.3) is 5.69 Å². The van der Waals surface area contributed by atoms with Gasteiger partial charge in [0, 0.05) is 23.1 Å². The number of anilines is 1. The molecule has 39 heavy (non-hydrogen) atoms. The number of methoxy groups -OCH3 is 2. The van der Waals surface area contributed by atoms with Gasteiger partial charge in [0.2, 0.25) is 11.8 Å². The van der Waals surface area contributed by atoms with Crippen LogP contribution in [-0.4, -0.2) is 54.7 Å². The molecule has 2 aromatic carbocycles. The first-order chi connectivity index (χ1) is 18.6. The summed E-state index contributed by atoms with van der Waals surface area (Å²) < 4.78 is 13.2. The zero-order valence-corrected chi connectivity index (χ0v) is 24.6. The van der Waals surface area contributed by atoms with Crippen molar-refractivity contribution in [1.82, 2.24) is 15.1 Å². The lowest BCUT2D eigenvalue weighted by molar-refractivity contribution is -0.122. The first-order valence-electron chi connectivity index (χ1n) is 13.2. The van der Waals surface area contributed by atoms with Crippen molar-refractivity contribution in [3.63, 3.8) is 0 Å². The summed E-state index contributed by atoms with van der Waals surface area (Å²) in [4.78, 5) is 28.4. The van der Waals surface area contributed by atoms with Gasteiger partial charge in [-0.3, -0.25) is 14.5 Å². The summed E-state index contributed by atoms with van der Waals surface area (Å²) in [5.74, 6) is 1.85. The molecule has 0 aliphatic carbocycles. The fourth-order valence-corrected chi connectivity index (χ4v) is 5.91. The van der Waals surface area contributed by atoms with E-state index in [1.165, 1.54) is 11.8 Å². The summed E-state index contributed by atoms with van der Waals surface area (Å²) in [6, 6.07) is 13.7. The van der Waals surface area contributed by atoms with E-state index in [2.05, 4.69) is 26.1 Å². The van der Waals surface area contributed by atoms with Gasteiger partial charge in [-0.2, -0.15) is 5.10 Å². The van der Waals surface area contributed by atoms with Crippen molar-refractivity contribution >= 4 is 29.4 Å². The number of aryl methyl sites for hydroxylation is 1. The average molecular weight is 551 g/mol. The summed E-state index contributed by atoms with van der Waals surface area (Å²) >= 11 is 1.51. The van der Waals surface area contributed by atoms with Crippen LogP contribution in [0.5, 0.6) is 11.5 Å². The number of fused-ring (bicyclic) bond motifs is 1. The molecular weight excluding hydrogens is 512 g/mol. The van der Waals surface area contributed by atoms with Gasteiger partial charge in [0.25, 0.3) is 0 Å². The Balaban J connectivity index is 2.03. The number of benzene rings is 2. The van der Waals surface area contributed by atoms with Gasteiger partial charge in [0.15, 0.2) is 0 Å². The third-order valence-electron chi connectivity index (χ3n) is 6.67. The monoisotopic (exact) mass is 550 g/mol. The molecule has 4 rings (SSSR count). The molecule has 2 amide bonds. The van der Waals surface area contributed by atoms with Crippen LogP contribution in [0.2, 0.25) is 0 Å². The lowest BCUT2D eigenvalue weighted by Crippen LogP contribution is -2.42. The van der Waals surface area contributed by atoms with Crippen molar-refractivity contribution in [2.75, 3.05) is 38.0 Å². The van der Waals surface area contributed by atoms with Crippen molar-refractivity contribution in [2.45, 2.75) is 51.7 Å². The minimum atomic E-state index is -0.353. The molecule has 208 valence electrons. The Morgan fingerprint density at radius 3 is 2.46 bits per heavy atom. The van der Waals surface area contributed by atoms with Crippen LogP contribution in [0.3, 0.4) is 0 Å². The molecule has 0 spiro atoms. The first kappa shape index (κ1) is 28.5. The van der Waals surface area contributed by atoms with E-state index < -0.39 is 0 Å². The van der Waals surface area contributed by atoms with E-state index in [0.717, 1.165) is 34.5 Å². The maximum Gasteiger partial charge on any atom is 0.240 e. The predicted molar refractivity (Wildman–Crippen MR) is 157 cm³/mol. The Hall–Kier alpha value is -3.46. The van der Waals surface area contributed by atoms with Gasteiger partial charge >= 0.3 is 0 Å². The number of nitrogens with one attached hydrogen (secondary N) is 1. The Bertz CT molecular complexity index is 1340. The second-order valence-corrected chi connectivity index (χ2v) is 11.8. The molecule has 9 heteroatoms. The molecule has 0 saturated heterocycles. The highest BCUT2D eigenvalue weighted by atomic mass is 32.2. The van der Waals surface area contributed by atoms with E-state index in [4.69, 9.17) is 14.6 Å². The van der Waals surface area contributed by atoms with E-state index >= 15 is 0 Å². The second kappa shape index (κ2) is 11.7. The van der Waals surface area contributed by atoms with E-state index in [1.54, 1.807) is 19.1 Å². The summed E-state index contributed by atoms with van der Waals surface area (Å²) in [5, 5.41) is 7.78. The van der Waals surface area contributed by atoms with Gasteiger partial charge < -0.3 is 14.8 Å². The average Bonchev–Trinajstić information content (AvgIpc) is 3.25. The molecule has 1 aromatic heterocycles. The SMILES string of the molecule is CCCNC(=O)CN1C(=O)CSC(c2cc(OC)ccc2OC)c2c(C(C)(C)C)nn(-c3ccc(C)cc3)c21. The highest BCUT2D eigenvalue weighted by Gasteiger charge is 2.40. The smallest absolute Gasteiger partial charge is 0.240 e. The summed E-state index contributed by atoms with van der Waals surface area (Å²) in [7, 11) is 3.27. The van der Waals surface area contributed by atoms with Gasteiger partial charge in [-0.1, -0.05) is 45.4 Å². The lowest BCUT2D eigenvalue weighted by Gasteiger charge is -2.25. The molecule has 1 aliphatic heterocycles. The van der Waals surface area contributed by atoms with Crippen molar-refractivity contribution in [3.8, 4) is 17.2 Å².